The first kappa shape index (κ1) is 16.8. The summed E-state index contributed by atoms with van der Waals surface area (Å²) in [6.45, 7) is 6.86. The summed E-state index contributed by atoms with van der Waals surface area (Å²) in [6, 6.07) is 1.74. The largest absolute Gasteiger partial charge is 0.351 e. The van der Waals surface area contributed by atoms with Gasteiger partial charge in [-0.1, -0.05) is 18.5 Å². The van der Waals surface area contributed by atoms with Crippen LogP contribution in [0.25, 0.3) is 0 Å². The minimum Gasteiger partial charge on any atom is -0.351 e. The minimum absolute atomic E-state index is 0.00764. The number of nitrogens with zero attached hydrogens (tertiary/aromatic N) is 1. The Morgan fingerprint density at radius 1 is 1.48 bits per heavy atom. The van der Waals surface area contributed by atoms with E-state index in [0.717, 1.165) is 12.8 Å². The zero-order valence-electron chi connectivity index (χ0n) is 13.8. The van der Waals surface area contributed by atoms with Gasteiger partial charge in [-0.15, -0.1) is 11.3 Å². The highest BCUT2D eigenvalue weighted by Gasteiger charge is 2.45. The number of halogens is 1. The van der Waals surface area contributed by atoms with Crippen molar-refractivity contribution in [2.75, 3.05) is 6.54 Å². The molecule has 3 atom stereocenters. The van der Waals surface area contributed by atoms with Crippen molar-refractivity contribution in [1.82, 2.24) is 10.2 Å². The smallest absolute Gasteiger partial charge is 0.265 e. The summed E-state index contributed by atoms with van der Waals surface area (Å²) in [5, 5.41) is 5.48. The molecule has 6 heteroatoms. The molecule has 0 radical (unpaired) electrons. The van der Waals surface area contributed by atoms with Gasteiger partial charge in [-0.05, 0) is 50.0 Å². The molecule has 2 heterocycles. The average Bonchev–Trinajstić information content (AvgIpc) is 2.86. The fourth-order valence-corrected chi connectivity index (χ4v) is 4.53. The molecule has 2 fully saturated rings. The van der Waals surface area contributed by atoms with Crippen LogP contribution in [0.2, 0.25) is 5.02 Å². The van der Waals surface area contributed by atoms with Gasteiger partial charge < -0.3 is 10.2 Å². The predicted molar refractivity (Wildman–Crippen MR) is 92.9 cm³/mol. The molecule has 0 spiro atoms. The molecule has 3 unspecified atom stereocenters. The second-order valence-corrected chi connectivity index (χ2v) is 8.62. The Kier molecular flexibility index (Phi) is 4.45. The van der Waals surface area contributed by atoms with Crippen LogP contribution in [0.3, 0.4) is 0 Å². The highest BCUT2D eigenvalue weighted by molar-refractivity contribution is 7.12. The zero-order valence-corrected chi connectivity index (χ0v) is 15.3. The molecular formula is C17H23ClN2O2S. The lowest BCUT2D eigenvalue weighted by atomic mass is 9.95. The van der Waals surface area contributed by atoms with Crippen LogP contribution in [0.5, 0.6) is 0 Å². The summed E-state index contributed by atoms with van der Waals surface area (Å²) in [4.78, 5) is 27.4. The summed E-state index contributed by atoms with van der Waals surface area (Å²) >= 11 is 7.46. The molecule has 1 saturated heterocycles. The second kappa shape index (κ2) is 6.10. The van der Waals surface area contributed by atoms with Crippen molar-refractivity contribution >= 4 is 34.8 Å². The van der Waals surface area contributed by atoms with Crippen molar-refractivity contribution in [3.05, 3.63) is 21.3 Å². The van der Waals surface area contributed by atoms with E-state index < -0.39 is 5.54 Å². The number of rotatable bonds is 4. The molecule has 0 bridgehead atoms. The molecule has 1 aliphatic heterocycles. The Bertz CT molecular complexity index is 628. The number of carbonyl (C=O) groups is 2. The van der Waals surface area contributed by atoms with E-state index in [4.69, 9.17) is 11.6 Å². The highest BCUT2D eigenvalue weighted by atomic mass is 35.5. The molecule has 1 aromatic rings. The monoisotopic (exact) mass is 354 g/mol. The van der Waals surface area contributed by atoms with Gasteiger partial charge in [-0.3, -0.25) is 9.59 Å². The van der Waals surface area contributed by atoms with E-state index in [-0.39, 0.29) is 17.9 Å². The molecule has 4 nitrogen and oxygen atoms in total. The maximum Gasteiger partial charge on any atom is 0.265 e. The standard InChI is InChI=1S/C17H23ClN2O2S/c1-10-8-11(10)9-14(21)19-13-4-6-20(17(13,2)3)16(22)15-12(18)5-7-23-15/h5,7,10-11,13H,4,6,8-9H2,1-3H3,(H,19,21). The quantitative estimate of drug-likeness (QED) is 0.898. The minimum atomic E-state index is -0.408. The first-order chi connectivity index (χ1) is 10.8. The summed E-state index contributed by atoms with van der Waals surface area (Å²) in [7, 11) is 0. The van der Waals surface area contributed by atoms with Gasteiger partial charge in [-0.2, -0.15) is 0 Å². The van der Waals surface area contributed by atoms with E-state index in [1.54, 1.807) is 6.07 Å². The third-order valence-electron chi connectivity index (χ3n) is 5.31. The number of hydrogen-bond acceptors (Lipinski definition) is 3. The highest BCUT2D eigenvalue weighted by Crippen LogP contribution is 2.40. The Labute approximate surface area is 146 Å². The fraction of sp³-hybridized carbons (Fsp3) is 0.647. The van der Waals surface area contributed by atoms with Crippen LogP contribution in [-0.4, -0.2) is 34.8 Å². The average molecular weight is 355 g/mol. The first-order valence-corrected chi connectivity index (χ1v) is 9.40. The Morgan fingerprint density at radius 2 is 2.17 bits per heavy atom. The third-order valence-corrected chi connectivity index (χ3v) is 6.63. The third kappa shape index (κ3) is 3.26. The normalized spacial score (nSPS) is 28.7. The van der Waals surface area contributed by atoms with E-state index in [9.17, 15) is 9.59 Å². The predicted octanol–water partition coefficient (Wildman–Crippen LogP) is 3.56. The van der Waals surface area contributed by atoms with Crippen molar-refractivity contribution in [2.45, 2.75) is 51.6 Å². The van der Waals surface area contributed by atoms with Gasteiger partial charge in [0.2, 0.25) is 5.91 Å². The van der Waals surface area contributed by atoms with E-state index >= 15 is 0 Å². The van der Waals surface area contributed by atoms with Crippen LogP contribution < -0.4 is 5.32 Å². The lowest BCUT2D eigenvalue weighted by molar-refractivity contribution is -0.122. The Hall–Kier alpha value is -1.07. The van der Waals surface area contributed by atoms with E-state index in [2.05, 4.69) is 12.2 Å². The number of carbonyl (C=O) groups excluding carboxylic acids is 2. The molecule has 2 aliphatic rings. The van der Waals surface area contributed by atoms with Crippen LogP contribution in [0.15, 0.2) is 11.4 Å². The number of likely N-dealkylation sites (tertiary alicyclic amines) is 1. The van der Waals surface area contributed by atoms with Crippen molar-refractivity contribution in [3.8, 4) is 0 Å². The van der Waals surface area contributed by atoms with E-state index in [0.29, 0.717) is 34.7 Å². The van der Waals surface area contributed by atoms with Crippen molar-refractivity contribution in [1.29, 1.82) is 0 Å². The molecule has 1 aromatic heterocycles. The summed E-state index contributed by atoms with van der Waals surface area (Å²) in [6.07, 6.45) is 2.55. The molecule has 1 saturated carbocycles. The number of amides is 2. The molecule has 1 N–H and O–H groups in total. The van der Waals surface area contributed by atoms with Crippen LogP contribution in [0, 0.1) is 11.8 Å². The Balaban J connectivity index is 1.65. The van der Waals surface area contributed by atoms with Crippen molar-refractivity contribution in [3.63, 3.8) is 0 Å². The van der Waals surface area contributed by atoms with Gasteiger partial charge in [0, 0.05) is 13.0 Å². The molecule has 2 amide bonds. The molecule has 3 rings (SSSR count). The SMILES string of the molecule is CC1CC1CC(=O)NC1CCN(C(=O)c2sccc2Cl)C1(C)C. The molecular weight excluding hydrogens is 332 g/mol. The van der Waals surface area contributed by atoms with E-state index in [1.165, 1.54) is 11.3 Å². The molecule has 23 heavy (non-hydrogen) atoms. The molecule has 0 aromatic carbocycles. The van der Waals surface area contributed by atoms with Crippen LogP contribution in [-0.2, 0) is 4.79 Å². The van der Waals surface area contributed by atoms with Crippen molar-refractivity contribution < 1.29 is 9.59 Å². The first-order valence-electron chi connectivity index (χ1n) is 8.15. The van der Waals surface area contributed by atoms with Gasteiger partial charge >= 0.3 is 0 Å². The number of nitrogens with one attached hydrogen (secondary N) is 1. The van der Waals surface area contributed by atoms with Crippen LogP contribution in [0.1, 0.15) is 49.7 Å². The number of thiophene rings is 1. The van der Waals surface area contributed by atoms with Crippen LogP contribution >= 0.6 is 22.9 Å². The topological polar surface area (TPSA) is 49.4 Å². The van der Waals surface area contributed by atoms with Gasteiger partial charge in [0.25, 0.3) is 5.91 Å². The molecule has 126 valence electrons. The van der Waals surface area contributed by atoms with Gasteiger partial charge in [0.05, 0.1) is 16.6 Å². The van der Waals surface area contributed by atoms with Gasteiger partial charge in [0.1, 0.15) is 4.88 Å². The molecule has 1 aliphatic carbocycles. The maximum atomic E-state index is 12.7. The van der Waals surface area contributed by atoms with Crippen LogP contribution in [0.4, 0.5) is 0 Å². The van der Waals surface area contributed by atoms with Crippen molar-refractivity contribution in [2.24, 2.45) is 11.8 Å². The maximum absolute atomic E-state index is 12.7. The Morgan fingerprint density at radius 3 is 2.74 bits per heavy atom. The second-order valence-electron chi connectivity index (χ2n) is 7.29. The lowest BCUT2D eigenvalue weighted by Gasteiger charge is -2.36. The summed E-state index contributed by atoms with van der Waals surface area (Å²) < 4.78 is 0. The lowest BCUT2D eigenvalue weighted by Crippen LogP contribution is -2.54. The van der Waals surface area contributed by atoms with Gasteiger partial charge in [-0.25, -0.2) is 0 Å². The summed E-state index contributed by atoms with van der Waals surface area (Å²) in [5.41, 5.74) is -0.408. The van der Waals surface area contributed by atoms with E-state index in [1.807, 2.05) is 24.1 Å². The zero-order chi connectivity index (χ0) is 16.8. The van der Waals surface area contributed by atoms with Gasteiger partial charge in [0.15, 0.2) is 0 Å². The fourth-order valence-electron chi connectivity index (χ4n) is 3.44. The number of hydrogen-bond donors (Lipinski definition) is 1. The summed E-state index contributed by atoms with van der Waals surface area (Å²) in [5.74, 6) is 1.29.